The van der Waals surface area contributed by atoms with E-state index in [-0.39, 0.29) is 22.9 Å². The van der Waals surface area contributed by atoms with Crippen LogP contribution in [-0.4, -0.2) is 17.8 Å². The van der Waals surface area contributed by atoms with E-state index in [0.29, 0.717) is 24.7 Å². The lowest BCUT2D eigenvalue weighted by molar-refractivity contribution is -0.123. The number of ketones is 2. The smallest absolute Gasteiger partial charge is 0.141 e. The molecule has 4 atom stereocenters. The molecule has 0 N–H and O–H groups in total. The Kier molecular flexibility index (Phi) is 5.74. The lowest BCUT2D eigenvalue weighted by atomic mass is 9.84. The molecule has 0 amide bonds. The van der Waals surface area contributed by atoms with Gasteiger partial charge in [0.2, 0.25) is 0 Å². The van der Waals surface area contributed by atoms with E-state index in [1.165, 1.54) is 5.57 Å². The van der Waals surface area contributed by atoms with Gasteiger partial charge in [0.15, 0.2) is 0 Å². The fraction of sp³-hybridized carbons (Fsp3) is 0.609. The Morgan fingerprint density at radius 3 is 2.92 bits per heavy atom. The molecule has 1 saturated carbocycles. The quantitative estimate of drug-likeness (QED) is 0.540. The third-order valence-corrected chi connectivity index (χ3v) is 6.13. The van der Waals surface area contributed by atoms with Gasteiger partial charge in [0, 0.05) is 36.1 Å². The van der Waals surface area contributed by atoms with Crippen LogP contribution in [0.15, 0.2) is 40.6 Å². The van der Waals surface area contributed by atoms with Crippen molar-refractivity contribution in [3.63, 3.8) is 0 Å². The number of unbranched alkanes of at least 4 members (excludes halogenated alkanes) is 1. The van der Waals surface area contributed by atoms with Gasteiger partial charge in [-0.05, 0) is 43.3 Å². The molecular formula is C23H31NO2. The largest absolute Gasteiger partial charge is 0.300 e. The van der Waals surface area contributed by atoms with Crippen LogP contribution >= 0.6 is 0 Å². The maximum Gasteiger partial charge on any atom is 0.141 e. The van der Waals surface area contributed by atoms with Crippen molar-refractivity contribution in [2.24, 2.45) is 28.2 Å². The SMILES string of the molecule is CCCC[C@H](CC(C)=O)CC(C)C(=O)CC1=CC2=CC=CC3CC23C=N1. The Hall–Kier alpha value is -1.77. The van der Waals surface area contributed by atoms with Crippen LogP contribution in [0, 0.1) is 23.2 Å². The summed E-state index contributed by atoms with van der Waals surface area (Å²) in [6, 6.07) is 0. The summed E-state index contributed by atoms with van der Waals surface area (Å²) >= 11 is 0. The summed E-state index contributed by atoms with van der Waals surface area (Å²) in [5, 5.41) is 0. The summed E-state index contributed by atoms with van der Waals surface area (Å²) in [6.45, 7) is 5.83. The van der Waals surface area contributed by atoms with Crippen molar-refractivity contribution >= 4 is 17.8 Å². The summed E-state index contributed by atoms with van der Waals surface area (Å²) in [5.41, 5.74) is 2.34. The summed E-state index contributed by atoms with van der Waals surface area (Å²) < 4.78 is 0. The number of carbonyl (C=O) groups is 2. The normalized spacial score (nSPS) is 27.7. The molecule has 1 fully saturated rings. The highest BCUT2D eigenvalue weighted by Gasteiger charge is 2.55. The van der Waals surface area contributed by atoms with Crippen molar-refractivity contribution in [3.8, 4) is 0 Å². The van der Waals surface area contributed by atoms with Gasteiger partial charge in [0.05, 0.1) is 0 Å². The molecular weight excluding hydrogens is 322 g/mol. The molecule has 140 valence electrons. The Balaban J connectivity index is 1.57. The molecule has 0 aromatic heterocycles. The standard InChI is InChI=1S/C23H31NO2/c1-4-5-7-18(11-17(3)25)10-16(2)22(26)13-21-12-19-8-6-9-20-14-23(19,20)15-24-21/h6,8-9,12,15-16,18,20H,4-5,7,10-11,13-14H2,1-3H3/t16?,18-,20?,23?/m0/s1. The molecule has 1 spiro atoms. The summed E-state index contributed by atoms with van der Waals surface area (Å²) in [7, 11) is 0. The number of rotatable bonds is 10. The summed E-state index contributed by atoms with van der Waals surface area (Å²) in [6.07, 6.45) is 17.0. The zero-order valence-corrected chi connectivity index (χ0v) is 16.3. The average molecular weight is 354 g/mol. The molecule has 0 aromatic carbocycles. The maximum absolute atomic E-state index is 12.7. The first kappa shape index (κ1) is 19.0. The van der Waals surface area contributed by atoms with Crippen LogP contribution in [0.2, 0.25) is 0 Å². The van der Waals surface area contributed by atoms with Crippen LogP contribution < -0.4 is 0 Å². The minimum Gasteiger partial charge on any atom is -0.300 e. The second kappa shape index (κ2) is 7.85. The van der Waals surface area contributed by atoms with Crippen molar-refractivity contribution in [3.05, 3.63) is 35.6 Å². The van der Waals surface area contributed by atoms with Crippen LogP contribution in [0.1, 0.15) is 65.7 Å². The fourth-order valence-corrected chi connectivity index (χ4v) is 4.43. The van der Waals surface area contributed by atoms with Crippen LogP contribution in [0.4, 0.5) is 0 Å². The highest BCUT2D eigenvalue weighted by atomic mass is 16.1. The molecule has 1 aliphatic heterocycles. The molecule has 3 unspecified atom stereocenters. The van der Waals surface area contributed by atoms with Crippen LogP contribution in [-0.2, 0) is 9.59 Å². The molecule has 0 aromatic rings. The number of Topliss-reactive ketones (excluding diaryl/α,β-unsaturated/α-hetero) is 2. The van der Waals surface area contributed by atoms with Gasteiger partial charge in [-0.1, -0.05) is 51.3 Å². The molecule has 26 heavy (non-hydrogen) atoms. The predicted molar refractivity (Wildman–Crippen MR) is 106 cm³/mol. The molecule has 2 aliphatic carbocycles. The first-order valence-electron chi connectivity index (χ1n) is 10.1. The van der Waals surface area contributed by atoms with Crippen molar-refractivity contribution in [2.45, 2.75) is 65.7 Å². The topological polar surface area (TPSA) is 46.5 Å². The first-order valence-corrected chi connectivity index (χ1v) is 10.1. The van der Waals surface area contributed by atoms with Gasteiger partial charge in [-0.25, -0.2) is 0 Å². The molecule has 3 nitrogen and oxygen atoms in total. The van der Waals surface area contributed by atoms with E-state index in [0.717, 1.165) is 37.8 Å². The highest BCUT2D eigenvalue weighted by molar-refractivity contribution is 5.86. The van der Waals surface area contributed by atoms with Gasteiger partial charge >= 0.3 is 0 Å². The number of nitrogens with zero attached hydrogens (tertiary/aromatic N) is 1. The Morgan fingerprint density at radius 1 is 1.38 bits per heavy atom. The zero-order chi connectivity index (χ0) is 18.7. The maximum atomic E-state index is 12.7. The minimum absolute atomic E-state index is 0.0166. The zero-order valence-electron chi connectivity index (χ0n) is 16.3. The number of hydrogen-bond acceptors (Lipinski definition) is 3. The van der Waals surface area contributed by atoms with E-state index in [1.54, 1.807) is 6.92 Å². The number of allylic oxidation sites excluding steroid dienone is 6. The van der Waals surface area contributed by atoms with E-state index >= 15 is 0 Å². The van der Waals surface area contributed by atoms with Gasteiger partial charge in [-0.2, -0.15) is 0 Å². The van der Waals surface area contributed by atoms with Gasteiger partial charge in [0.1, 0.15) is 11.6 Å². The molecule has 3 rings (SSSR count). The molecule has 0 radical (unpaired) electrons. The Morgan fingerprint density at radius 2 is 2.19 bits per heavy atom. The van der Waals surface area contributed by atoms with Gasteiger partial charge in [0.25, 0.3) is 0 Å². The van der Waals surface area contributed by atoms with E-state index in [9.17, 15) is 9.59 Å². The van der Waals surface area contributed by atoms with Crippen LogP contribution in [0.3, 0.4) is 0 Å². The Labute approximate surface area is 157 Å². The molecule has 0 bridgehead atoms. The fourth-order valence-electron chi connectivity index (χ4n) is 4.43. The average Bonchev–Trinajstić information content (AvgIpc) is 3.32. The van der Waals surface area contributed by atoms with Crippen molar-refractivity contribution < 1.29 is 9.59 Å². The summed E-state index contributed by atoms with van der Waals surface area (Å²) in [5.74, 6) is 1.39. The third kappa shape index (κ3) is 4.13. The van der Waals surface area contributed by atoms with E-state index in [1.807, 2.05) is 6.92 Å². The molecule has 3 aliphatic rings. The highest BCUT2D eigenvalue weighted by Crippen LogP contribution is 2.60. The van der Waals surface area contributed by atoms with Gasteiger partial charge in [-0.15, -0.1) is 0 Å². The second-order valence-corrected chi connectivity index (χ2v) is 8.45. The monoisotopic (exact) mass is 353 g/mol. The lowest BCUT2D eigenvalue weighted by Crippen LogP contribution is -2.19. The van der Waals surface area contributed by atoms with E-state index < -0.39 is 0 Å². The second-order valence-electron chi connectivity index (χ2n) is 8.45. The molecule has 1 heterocycles. The molecule has 3 heteroatoms. The van der Waals surface area contributed by atoms with Crippen molar-refractivity contribution in [1.82, 2.24) is 0 Å². The predicted octanol–water partition coefficient (Wildman–Crippen LogP) is 5.23. The van der Waals surface area contributed by atoms with Crippen LogP contribution in [0.25, 0.3) is 0 Å². The van der Waals surface area contributed by atoms with Crippen molar-refractivity contribution in [1.29, 1.82) is 0 Å². The summed E-state index contributed by atoms with van der Waals surface area (Å²) in [4.78, 5) is 28.9. The first-order chi connectivity index (χ1) is 12.4. The third-order valence-electron chi connectivity index (χ3n) is 6.13. The minimum atomic E-state index is -0.0166. The van der Waals surface area contributed by atoms with Crippen LogP contribution in [0.5, 0.6) is 0 Å². The van der Waals surface area contributed by atoms with Gasteiger partial charge in [-0.3, -0.25) is 9.79 Å². The van der Waals surface area contributed by atoms with Crippen molar-refractivity contribution in [2.75, 3.05) is 0 Å². The lowest BCUT2D eigenvalue weighted by Gasteiger charge is -2.22. The number of carbonyl (C=O) groups excluding carboxylic acids is 2. The number of hydrogen-bond donors (Lipinski definition) is 0. The van der Waals surface area contributed by atoms with E-state index in [2.05, 4.69) is 42.4 Å². The molecule has 0 saturated heterocycles. The Bertz CT molecular complexity index is 697. The number of aliphatic imine (C=N–C) groups is 1. The van der Waals surface area contributed by atoms with Gasteiger partial charge < -0.3 is 4.79 Å². The van der Waals surface area contributed by atoms with E-state index in [4.69, 9.17) is 0 Å².